The first-order valence-corrected chi connectivity index (χ1v) is 7.27. The molecule has 3 atom stereocenters. The van der Waals surface area contributed by atoms with Gasteiger partial charge in [-0.1, -0.05) is 6.42 Å². The SMILES string of the molecule is C1CC2(C1)CC2CN1CC2CNCC(C2)C1. The molecule has 3 unspecified atom stereocenters. The number of rotatable bonds is 2. The molecule has 16 heavy (non-hydrogen) atoms. The van der Waals surface area contributed by atoms with Gasteiger partial charge in [0.25, 0.3) is 0 Å². The molecule has 0 aromatic heterocycles. The van der Waals surface area contributed by atoms with E-state index < -0.39 is 0 Å². The molecule has 2 aliphatic heterocycles. The summed E-state index contributed by atoms with van der Waals surface area (Å²) in [6.07, 6.45) is 7.70. The highest BCUT2D eigenvalue weighted by atomic mass is 15.2. The highest BCUT2D eigenvalue weighted by Gasteiger charge is 2.57. The Bertz CT molecular complexity index is 272. The molecule has 1 N–H and O–H groups in total. The predicted octanol–water partition coefficient (Wildman–Crippen LogP) is 1.72. The Hall–Kier alpha value is -0.0800. The van der Waals surface area contributed by atoms with Crippen LogP contribution in [0.3, 0.4) is 0 Å². The second-order valence-corrected chi connectivity index (χ2v) is 6.96. The number of hydrogen-bond acceptors (Lipinski definition) is 2. The number of nitrogens with one attached hydrogen (secondary N) is 1. The van der Waals surface area contributed by atoms with Crippen LogP contribution in [0.1, 0.15) is 32.1 Å². The van der Waals surface area contributed by atoms with Crippen molar-refractivity contribution in [2.75, 3.05) is 32.7 Å². The minimum absolute atomic E-state index is 0.880. The second kappa shape index (κ2) is 3.46. The van der Waals surface area contributed by atoms with E-state index in [2.05, 4.69) is 10.2 Å². The molecule has 4 aliphatic rings. The molecule has 0 aromatic carbocycles. The summed E-state index contributed by atoms with van der Waals surface area (Å²) in [7, 11) is 0. The summed E-state index contributed by atoms with van der Waals surface area (Å²) in [5.74, 6) is 3.01. The number of nitrogens with zero attached hydrogens (tertiary/aromatic N) is 1. The van der Waals surface area contributed by atoms with Crippen LogP contribution in [0.25, 0.3) is 0 Å². The third kappa shape index (κ3) is 1.53. The minimum Gasteiger partial charge on any atom is -0.316 e. The highest BCUT2D eigenvalue weighted by Crippen LogP contribution is 2.65. The average molecular weight is 220 g/mol. The van der Waals surface area contributed by atoms with Crippen molar-refractivity contribution in [3.63, 3.8) is 0 Å². The Morgan fingerprint density at radius 1 is 1.12 bits per heavy atom. The normalized spacial score (nSPS) is 45.4. The largest absolute Gasteiger partial charge is 0.316 e. The van der Waals surface area contributed by atoms with Crippen molar-refractivity contribution < 1.29 is 0 Å². The van der Waals surface area contributed by atoms with E-state index in [4.69, 9.17) is 0 Å². The standard InChI is InChI=1S/C14H24N2/c1-2-14(3-1)5-13(14)10-16-8-11-4-12(9-16)7-15-6-11/h11-13,15H,1-10H2. The molecule has 2 heterocycles. The molecule has 4 fully saturated rings. The lowest BCUT2D eigenvalue weighted by Crippen LogP contribution is -2.51. The number of likely N-dealkylation sites (tertiary alicyclic amines) is 1. The molecule has 2 heteroatoms. The van der Waals surface area contributed by atoms with Crippen LogP contribution in [-0.4, -0.2) is 37.6 Å². The van der Waals surface area contributed by atoms with Crippen molar-refractivity contribution in [2.24, 2.45) is 23.2 Å². The maximum absolute atomic E-state index is 3.59. The fourth-order valence-electron chi connectivity index (χ4n) is 4.61. The average Bonchev–Trinajstić information content (AvgIpc) is 2.91. The molecule has 2 aliphatic carbocycles. The maximum atomic E-state index is 3.59. The zero-order valence-corrected chi connectivity index (χ0v) is 10.3. The molecule has 2 bridgehead atoms. The highest BCUT2D eigenvalue weighted by molar-refractivity contribution is 5.08. The maximum Gasteiger partial charge on any atom is 0.00222 e. The van der Waals surface area contributed by atoms with Crippen molar-refractivity contribution in [3.05, 3.63) is 0 Å². The first-order chi connectivity index (χ1) is 7.84. The van der Waals surface area contributed by atoms with Gasteiger partial charge >= 0.3 is 0 Å². The molecule has 0 aromatic rings. The summed E-state index contributed by atoms with van der Waals surface area (Å²) in [4.78, 5) is 2.80. The van der Waals surface area contributed by atoms with Gasteiger partial charge in [0.15, 0.2) is 0 Å². The van der Waals surface area contributed by atoms with Gasteiger partial charge in [0.2, 0.25) is 0 Å². The number of piperidine rings is 2. The van der Waals surface area contributed by atoms with Gasteiger partial charge in [0.1, 0.15) is 0 Å². The number of hydrogen-bond donors (Lipinski definition) is 1. The van der Waals surface area contributed by atoms with Crippen LogP contribution in [0.5, 0.6) is 0 Å². The van der Waals surface area contributed by atoms with Gasteiger partial charge in [-0.05, 0) is 61.9 Å². The summed E-state index contributed by atoms with van der Waals surface area (Å²) < 4.78 is 0. The van der Waals surface area contributed by atoms with Crippen LogP contribution in [0.2, 0.25) is 0 Å². The van der Waals surface area contributed by atoms with Gasteiger partial charge < -0.3 is 10.2 Å². The van der Waals surface area contributed by atoms with E-state index in [-0.39, 0.29) is 0 Å². The molecule has 2 saturated carbocycles. The summed E-state index contributed by atoms with van der Waals surface area (Å²) in [6, 6.07) is 0. The van der Waals surface area contributed by atoms with Gasteiger partial charge in [-0.3, -0.25) is 0 Å². The van der Waals surface area contributed by atoms with Crippen LogP contribution < -0.4 is 5.32 Å². The first-order valence-electron chi connectivity index (χ1n) is 7.27. The molecule has 2 saturated heterocycles. The molecule has 0 amide bonds. The van der Waals surface area contributed by atoms with Crippen molar-refractivity contribution in [1.82, 2.24) is 10.2 Å². The lowest BCUT2D eigenvalue weighted by atomic mass is 9.79. The van der Waals surface area contributed by atoms with E-state index in [9.17, 15) is 0 Å². The van der Waals surface area contributed by atoms with Gasteiger partial charge in [-0.15, -0.1) is 0 Å². The van der Waals surface area contributed by atoms with E-state index in [0.29, 0.717) is 0 Å². The van der Waals surface area contributed by atoms with Crippen LogP contribution in [0.15, 0.2) is 0 Å². The quantitative estimate of drug-likeness (QED) is 0.762. The summed E-state index contributed by atoms with van der Waals surface area (Å²) in [6.45, 7) is 6.77. The molecule has 2 nitrogen and oxygen atoms in total. The van der Waals surface area contributed by atoms with Gasteiger partial charge in [-0.2, -0.15) is 0 Å². The third-order valence-electron chi connectivity index (χ3n) is 5.75. The van der Waals surface area contributed by atoms with E-state index in [0.717, 1.165) is 23.2 Å². The molecular weight excluding hydrogens is 196 g/mol. The van der Waals surface area contributed by atoms with Crippen LogP contribution >= 0.6 is 0 Å². The Morgan fingerprint density at radius 3 is 2.44 bits per heavy atom. The smallest absolute Gasteiger partial charge is 0.00222 e. The third-order valence-corrected chi connectivity index (χ3v) is 5.75. The fraction of sp³-hybridized carbons (Fsp3) is 1.00. The summed E-state index contributed by atoms with van der Waals surface area (Å²) in [5, 5.41) is 3.59. The molecule has 4 rings (SSSR count). The van der Waals surface area contributed by atoms with Crippen molar-refractivity contribution in [3.8, 4) is 0 Å². The lowest BCUT2D eigenvalue weighted by molar-refractivity contribution is 0.0852. The first kappa shape index (κ1) is 9.90. The zero-order valence-electron chi connectivity index (χ0n) is 10.3. The lowest BCUT2D eigenvalue weighted by Gasteiger charge is -2.42. The van der Waals surface area contributed by atoms with E-state index >= 15 is 0 Å². The Labute approximate surface area is 98.8 Å². The summed E-state index contributed by atoms with van der Waals surface area (Å²) >= 11 is 0. The van der Waals surface area contributed by atoms with Crippen molar-refractivity contribution in [2.45, 2.75) is 32.1 Å². The van der Waals surface area contributed by atoms with E-state index in [1.54, 1.807) is 19.3 Å². The second-order valence-electron chi connectivity index (χ2n) is 6.96. The monoisotopic (exact) mass is 220 g/mol. The molecule has 1 spiro atoms. The van der Waals surface area contributed by atoms with Crippen LogP contribution in [-0.2, 0) is 0 Å². The Balaban J connectivity index is 1.35. The van der Waals surface area contributed by atoms with Crippen molar-refractivity contribution in [1.29, 1.82) is 0 Å². The molecule has 0 radical (unpaired) electrons. The van der Waals surface area contributed by atoms with Crippen LogP contribution in [0, 0.1) is 23.2 Å². The van der Waals surface area contributed by atoms with E-state index in [1.807, 2.05) is 0 Å². The Morgan fingerprint density at radius 2 is 1.88 bits per heavy atom. The summed E-state index contributed by atoms with van der Waals surface area (Å²) in [5.41, 5.74) is 0.880. The van der Waals surface area contributed by atoms with Gasteiger partial charge in [0.05, 0.1) is 0 Å². The molecular formula is C14H24N2. The fourth-order valence-corrected chi connectivity index (χ4v) is 4.61. The predicted molar refractivity (Wildman–Crippen MR) is 65.3 cm³/mol. The van der Waals surface area contributed by atoms with Gasteiger partial charge in [-0.25, -0.2) is 0 Å². The van der Waals surface area contributed by atoms with Crippen LogP contribution in [0.4, 0.5) is 0 Å². The number of fused-ring (bicyclic) bond motifs is 2. The Kier molecular flexibility index (Phi) is 2.14. The zero-order chi connectivity index (χ0) is 10.6. The minimum atomic E-state index is 0.880. The topological polar surface area (TPSA) is 15.3 Å². The van der Waals surface area contributed by atoms with Gasteiger partial charge in [0, 0.05) is 19.6 Å². The van der Waals surface area contributed by atoms with Crippen molar-refractivity contribution >= 4 is 0 Å². The molecule has 90 valence electrons. The van der Waals surface area contributed by atoms with E-state index in [1.165, 1.54) is 45.6 Å².